The maximum atomic E-state index is 9.78. The third-order valence-corrected chi connectivity index (χ3v) is 0.942. The average Bonchev–Trinajstić information content (AvgIpc) is 2.19. The van der Waals surface area contributed by atoms with E-state index >= 15 is 0 Å². The minimum atomic E-state index is -4.67. The monoisotopic (exact) mass is 768 g/mol. The molecule has 0 rings (SSSR count). The smallest absolute Gasteiger partial charge is 1.00 e. The molecule has 0 amide bonds. The Morgan fingerprint density at radius 1 is 0.385 bits per heavy atom. The van der Waals surface area contributed by atoms with Gasteiger partial charge in [-0.3, -0.25) is 59.2 Å². The van der Waals surface area contributed by atoms with Gasteiger partial charge in [-0.1, -0.05) is 0 Å². The van der Waals surface area contributed by atoms with E-state index in [0.29, 0.717) is 0 Å². The summed E-state index contributed by atoms with van der Waals surface area (Å²) in [6.45, 7) is 3.02. The summed E-state index contributed by atoms with van der Waals surface area (Å²) in [4.78, 5) is 0. The van der Waals surface area contributed by atoms with Gasteiger partial charge in [0.05, 0.1) is 6.10 Å². The summed E-state index contributed by atoms with van der Waals surface area (Å²) < 4.78 is 221. The van der Waals surface area contributed by atoms with Crippen molar-refractivity contribution in [3.8, 4) is 0 Å². The molecule has 0 atom stereocenters. The number of rotatable bonds is 2. The number of hydrogen-bond donors (Lipinski definition) is 13. The Kier molecular flexibility index (Phi) is 38.3. The van der Waals surface area contributed by atoms with Crippen molar-refractivity contribution >= 4 is 72.8 Å². The molecule has 0 aliphatic carbocycles. The zero-order valence-electron chi connectivity index (χ0n) is 19.4. The molecule has 244 valence electrons. The van der Waals surface area contributed by atoms with Crippen molar-refractivity contribution < 1.29 is 175 Å². The van der Waals surface area contributed by atoms with Gasteiger partial charge in [-0.2, -0.15) is 58.9 Å². The minimum absolute atomic E-state index is 0. The van der Waals surface area contributed by atoms with Gasteiger partial charge in [0, 0.05) is 0 Å². The summed E-state index contributed by atoms with van der Waals surface area (Å²) >= 11 is 0. The third-order valence-electron chi connectivity index (χ3n) is 0.314. The Morgan fingerprint density at radius 3 is 0.462 bits per heavy atom. The van der Waals surface area contributed by atoms with Crippen LogP contribution < -0.4 is 51.4 Å². The molecule has 0 aromatic rings. The van der Waals surface area contributed by atoms with Crippen molar-refractivity contribution in [2.24, 2.45) is 0 Å². The van der Waals surface area contributed by atoms with Gasteiger partial charge < -0.3 is 1.43 Å². The fourth-order valence-electron chi connectivity index (χ4n) is 0.243. The first-order valence-corrected chi connectivity index (χ1v) is 16.0. The van der Waals surface area contributed by atoms with Crippen LogP contribution in [0.5, 0.6) is 0 Å². The molecule has 0 saturated heterocycles. The van der Waals surface area contributed by atoms with Crippen LogP contribution in [0.15, 0.2) is 0 Å². The van der Waals surface area contributed by atoms with Gasteiger partial charge in [0.25, 0.3) is 0 Å². The van der Waals surface area contributed by atoms with Crippen LogP contribution in [-0.2, 0) is 77.0 Å². The van der Waals surface area contributed by atoms with Crippen molar-refractivity contribution in [3.05, 3.63) is 0 Å². The Labute approximate surface area is 265 Å². The SMILES string of the molecule is CC(C)OS(=O)(=O)O.O=S(=O)(O)O.O=S(=O)(O)O.O=S(=O)(O)O.O=S(=O)(O)O.O=S(=O)(O)O.O=S(=O)(O)O.[H-].[K+]. The van der Waals surface area contributed by atoms with Crippen molar-refractivity contribution in [2.45, 2.75) is 20.0 Å². The summed E-state index contributed by atoms with van der Waals surface area (Å²) in [6.07, 6.45) is -0.495. The van der Waals surface area contributed by atoms with E-state index in [2.05, 4.69) is 4.18 Å². The van der Waals surface area contributed by atoms with Crippen molar-refractivity contribution in [2.75, 3.05) is 0 Å². The molecule has 0 aromatic heterocycles. The van der Waals surface area contributed by atoms with E-state index in [1.165, 1.54) is 13.8 Å². The Bertz CT molecular complexity index is 1060. The topological polar surface area (TPSA) is 511 Å². The summed E-state index contributed by atoms with van der Waals surface area (Å²) in [7, 11) is -32.2. The molecule has 0 spiro atoms. The fraction of sp³-hybridized carbons (Fsp3) is 1.00. The maximum absolute atomic E-state index is 9.78. The first-order valence-electron chi connectivity index (χ1n) is 6.26. The summed E-state index contributed by atoms with van der Waals surface area (Å²) in [5.74, 6) is 0. The van der Waals surface area contributed by atoms with Crippen molar-refractivity contribution in [1.82, 2.24) is 0 Å². The first kappa shape index (κ1) is 59.2. The predicted molar refractivity (Wildman–Crippen MR) is 114 cm³/mol. The van der Waals surface area contributed by atoms with Crippen LogP contribution in [0.2, 0.25) is 0 Å². The Morgan fingerprint density at radius 2 is 0.462 bits per heavy atom. The van der Waals surface area contributed by atoms with Gasteiger partial charge >= 0.3 is 124 Å². The minimum Gasteiger partial charge on any atom is -1.00 e. The molecule has 0 heterocycles. The van der Waals surface area contributed by atoms with Crippen LogP contribution in [-0.4, -0.2) is 124 Å². The van der Waals surface area contributed by atoms with E-state index in [-0.39, 0.29) is 52.8 Å². The molecule has 0 unspecified atom stereocenters. The molecule has 0 radical (unpaired) electrons. The summed E-state index contributed by atoms with van der Waals surface area (Å²) in [6, 6.07) is 0. The molecular weight excluding hydrogens is 748 g/mol. The molecule has 0 bridgehead atoms. The van der Waals surface area contributed by atoms with Crippen molar-refractivity contribution in [3.63, 3.8) is 0 Å². The summed E-state index contributed by atoms with van der Waals surface area (Å²) in [5, 5.41) is 0. The van der Waals surface area contributed by atoms with Crippen LogP contribution in [0, 0.1) is 0 Å². The van der Waals surface area contributed by atoms with Crippen LogP contribution in [0.1, 0.15) is 15.3 Å². The summed E-state index contributed by atoms with van der Waals surface area (Å²) in [5.41, 5.74) is 0. The van der Waals surface area contributed by atoms with Gasteiger partial charge in [0.15, 0.2) is 0 Å². The van der Waals surface area contributed by atoms with E-state index < -0.39 is 78.9 Å². The molecule has 28 nitrogen and oxygen atoms in total. The molecular formula is C3H21KO28S7. The van der Waals surface area contributed by atoms with Gasteiger partial charge in [-0.15, -0.1) is 0 Å². The van der Waals surface area contributed by atoms with Gasteiger partial charge in [0.1, 0.15) is 0 Å². The second-order valence-electron chi connectivity index (χ2n) is 4.26. The first-order chi connectivity index (χ1) is 15.4. The Balaban J connectivity index is -0.0000000401. The fourth-order valence-corrected chi connectivity index (χ4v) is 0.730. The van der Waals surface area contributed by atoms with E-state index in [1.54, 1.807) is 0 Å². The predicted octanol–water partition coefficient (Wildman–Crippen LogP) is -6.59. The van der Waals surface area contributed by atoms with Crippen LogP contribution in [0.3, 0.4) is 0 Å². The van der Waals surface area contributed by atoms with E-state index in [0.717, 1.165) is 0 Å². The molecule has 0 aliphatic heterocycles. The normalized spacial score (nSPS) is 11.5. The molecule has 0 saturated carbocycles. The van der Waals surface area contributed by atoms with Crippen LogP contribution in [0.25, 0.3) is 0 Å². The molecule has 0 fully saturated rings. The largest absolute Gasteiger partial charge is 1.00 e. The van der Waals surface area contributed by atoms with Crippen molar-refractivity contribution in [1.29, 1.82) is 0 Å². The van der Waals surface area contributed by atoms with E-state index in [9.17, 15) is 8.42 Å². The molecule has 0 aliphatic rings. The van der Waals surface area contributed by atoms with Gasteiger partial charge in [-0.25, -0.2) is 4.18 Å². The third kappa shape index (κ3) is 1590. The second kappa shape index (κ2) is 25.2. The number of hydrogen-bond acceptors (Lipinski definition) is 15. The molecule has 36 heteroatoms. The van der Waals surface area contributed by atoms with Gasteiger partial charge in [0.2, 0.25) is 0 Å². The molecule has 13 N–H and O–H groups in total. The maximum Gasteiger partial charge on any atom is 1.00 e. The van der Waals surface area contributed by atoms with Crippen LogP contribution >= 0.6 is 0 Å². The zero-order valence-corrected chi connectivity index (χ0v) is 27.2. The Hall–Kier alpha value is 0.726. The zero-order chi connectivity index (χ0) is 33.8. The standard InChI is InChI=1S/C3H8O4S.K.6H2O4S.H/c1-3(2)7-8(4,5)6;;6*1-5(2,3)4;/h3H,1-2H3,(H,4,5,6);;6*(H2,1,2,3,4);/q;+1;;;;;;;-1. The molecule has 0 aromatic carbocycles. The van der Waals surface area contributed by atoms with Gasteiger partial charge in [-0.05, 0) is 13.8 Å². The quantitative estimate of drug-likeness (QED) is 0.0917. The molecule has 39 heavy (non-hydrogen) atoms. The van der Waals surface area contributed by atoms with Crippen LogP contribution in [0.4, 0.5) is 0 Å². The van der Waals surface area contributed by atoms with E-state index in [4.69, 9.17) is 110 Å². The average molecular weight is 769 g/mol. The van der Waals surface area contributed by atoms with E-state index in [1.807, 2.05) is 0 Å². The second-order valence-corrected chi connectivity index (χ2v) is 10.7.